The highest BCUT2D eigenvalue weighted by atomic mass is 79.9. The van der Waals surface area contributed by atoms with Crippen LogP contribution in [0.3, 0.4) is 0 Å². The summed E-state index contributed by atoms with van der Waals surface area (Å²) < 4.78 is 10.5. The fraction of sp³-hybridized carbons (Fsp3) is 0.455. The van der Waals surface area contributed by atoms with E-state index in [1.165, 1.54) is 0 Å². The third-order valence-electron chi connectivity index (χ3n) is 2.30. The number of benzene rings is 1. The molecule has 0 spiro atoms. The summed E-state index contributed by atoms with van der Waals surface area (Å²) in [4.78, 5) is 0.123. The van der Waals surface area contributed by atoms with Crippen molar-refractivity contribution in [2.24, 2.45) is 0 Å². The molecule has 84 valence electrons. The van der Waals surface area contributed by atoms with E-state index in [2.05, 4.69) is 21.2 Å². The SMILES string of the molecule is CNC(Br)c1cc(OC)c(OC)cc1C. The monoisotopic (exact) mass is 273 g/mol. The summed E-state index contributed by atoms with van der Waals surface area (Å²) in [6.45, 7) is 2.04. The summed E-state index contributed by atoms with van der Waals surface area (Å²) in [6, 6.07) is 3.95. The van der Waals surface area contributed by atoms with Gasteiger partial charge >= 0.3 is 0 Å². The number of aryl methyl sites for hydroxylation is 1. The molecule has 0 amide bonds. The first kappa shape index (κ1) is 12.3. The van der Waals surface area contributed by atoms with E-state index in [0.29, 0.717) is 0 Å². The number of nitrogens with one attached hydrogen (secondary N) is 1. The number of ether oxygens (including phenoxy) is 2. The highest BCUT2D eigenvalue weighted by molar-refractivity contribution is 9.09. The molecule has 0 saturated heterocycles. The maximum absolute atomic E-state index is 5.25. The van der Waals surface area contributed by atoms with E-state index in [9.17, 15) is 0 Å². The molecule has 1 aromatic rings. The van der Waals surface area contributed by atoms with Crippen LogP contribution in [0.4, 0.5) is 0 Å². The van der Waals surface area contributed by atoms with Crippen LogP contribution in [-0.2, 0) is 0 Å². The van der Waals surface area contributed by atoms with Gasteiger partial charge in [0.25, 0.3) is 0 Å². The maximum Gasteiger partial charge on any atom is 0.161 e. The molecule has 0 aliphatic rings. The van der Waals surface area contributed by atoms with Crippen LogP contribution >= 0.6 is 15.9 Å². The second kappa shape index (κ2) is 5.37. The number of methoxy groups -OCH3 is 2. The van der Waals surface area contributed by atoms with Gasteiger partial charge in [-0.25, -0.2) is 0 Å². The van der Waals surface area contributed by atoms with E-state index in [1.54, 1.807) is 14.2 Å². The van der Waals surface area contributed by atoms with E-state index < -0.39 is 0 Å². The molecule has 0 fully saturated rings. The highest BCUT2D eigenvalue weighted by Gasteiger charge is 2.13. The van der Waals surface area contributed by atoms with Gasteiger partial charge in [-0.15, -0.1) is 0 Å². The van der Waals surface area contributed by atoms with Crippen LogP contribution in [-0.4, -0.2) is 21.3 Å². The Labute approximate surface area is 98.9 Å². The quantitative estimate of drug-likeness (QED) is 0.676. The van der Waals surface area contributed by atoms with Crippen LogP contribution in [0, 0.1) is 6.92 Å². The molecule has 0 aromatic heterocycles. The first-order chi connectivity index (χ1) is 7.13. The van der Waals surface area contributed by atoms with E-state index >= 15 is 0 Å². The smallest absolute Gasteiger partial charge is 0.161 e. The van der Waals surface area contributed by atoms with E-state index in [0.717, 1.165) is 22.6 Å². The van der Waals surface area contributed by atoms with Gasteiger partial charge in [0.2, 0.25) is 0 Å². The molecular formula is C11H16BrNO2. The van der Waals surface area contributed by atoms with Gasteiger partial charge in [-0.2, -0.15) is 0 Å². The van der Waals surface area contributed by atoms with Gasteiger partial charge in [-0.1, -0.05) is 15.9 Å². The summed E-state index contributed by atoms with van der Waals surface area (Å²) in [5.74, 6) is 1.51. The average molecular weight is 274 g/mol. The van der Waals surface area contributed by atoms with Gasteiger partial charge in [-0.3, -0.25) is 0 Å². The topological polar surface area (TPSA) is 30.5 Å². The molecular weight excluding hydrogens is 258 g/mol. The zero-order chi connectivity index (χ0) is 11.4. The molecule has 0 aliphatic heterocycles. The fourth-order valence-corrected chi connectivity index (χ4v) is 1.92. The Bertz CT molecular complexity index is 342. The van der Waals surface area contributed by atoms with Crippen molar-refractivity contribution in [3.8, 4) is 11.5 Å². The van der Waals surface area contributed by atoms with Crippen LogP contribution < -0.4 is 14.8 Å². The van der Waals surface area contributed by atoms with Gasteiger partial charge in [0.05, 0.1) is 19.2 Å². The number of rotatable bonds is 4. The lowest BCUT2D eigenvalue weighted by atomic mass is 10.1. The lowest BCUT2D eigenvalue weighted by Gasteiger charge is -2.16. The molecule has 0 bridgehead atoms. The molecule has 3 nitrogen and oxygen atoms in total. The minimum absolute atomic E-state index is 0.123. The van der Waals surface area contributed by atoms with Crippen LogP contribution in [0.25, 0.3) is 0 Å². The summed E-state index contributed by atoms with van der Waals surface area (Å²) in [7, 11) is 5.18. The normalized spacial score (nSPS) is 12.3. The first-order valence-electron chi connectivity index (χ1n) is 4.68. The molecule has 15 heavy (non-hydrogen) atoms. The molecule has 1 N–H and O–H groups in total. The summed E-state index contributed by atoms with van der Waals surface area (Å²) >= 11 is 3.54. The Kier molecular flexibility index (Phi) is 4.42. The molecule has 1 rings (SSSR count). The van der Waals surface area contributed by atoms with E-state index in [-0.39, 0.29) is 4.95 Å². The van der Waals surface area contributed by atoms with Crippen molar-refractivity contribution < 1.29 is 9.47 Å². The Hall–Kier alpha value is -0.740. The van der Waals surface area contributed by atoms with Crippen molar-refractivity contribution in [3.05, 3.63) is 23.3 Å². The standard InChI is InChI=1S/C11H16BrNO2/c1-7-5-9(14-3)10(15-4)6-8(7)11(12)13-2/h5-6,11,13H,1-4H3. The molecule has 1 aromatic carbocycles. The van der Waals surface area contributed by atoms with Crippen molar-refractivity contribution in [2.45, 2.75) is 11.9 Å². The van der Waals surface area contributed by atoms with Crippen molar-refractivity contribution >= 4 is 15.9 Å². The second-order valence-electron chi connectivity index (χ2n) is 3.22. The summed E-state index contributed by atoms with van der Waals surface area (Å²) in [5.41, 5.74) is 2.30. The van der Waals surface area contributed by atoms with Crippen LogP contribution in [0.15, 0.2) is 12.1 Å². The molecule has 1 unspecified atom stereocenters. The van der Waals surface area contributed by atoms with Crippen LogP contribution in [0.2, 0.25) is 0 Å². The average Bonchev–Trinajstić information content (AvgIpc) is 2.27. The maximum atomic E-state index is 5.25. The molecule has 1 atom stereocenters. The van der Waals surface area contributed by atoms with Crippen LogP contribution in [0.5, 0.6) is 11.5 Å². The lowest BCUT2D eigenvalue weighted by molar-refractivity contribution is 0.354. The van der Waals surface area contributed by atoms with Crippen molar-refractivity contribution in [1.82, 2.24) is 5.32 Å². The zero-order valence-electron chi connectivity index (χ0n) is 9.43. The Morgan fingerprint density at radius 3 is 2.20 bits per heavy atom. The molecule has 4 heteroatoms. The molecule has 0 radical (unpaired) electrons. The Morgan fingerprint density at radius 2 is 1.73 bits per heavy atom. The fourth-order valence-electron chi connectivity index (χ4n) is 1.42. The lowest BCUT2D eigenvalue weighted by Crippen LogP contribution is -2.11. The predicted octanol–water partition coefficient (Wildman–Crippen LogP) is 2.63. The largest absolute Gasteiger partial charge is 0.493 e. The van der Waals surface area contributed by atoms with Gasteiger partial charge in [0.15, 0.2) is 11.5 Å². The highest BCUT2D eigenvalue weighted by Crippen LogP contribution is 2.34. The predicted molar refractivity (Wildman–Crippen MR) is 65.0 cm³/mol. The van der Waals surface area contributed by atoms with E-state index in [4.69, 9.17) is 9.47 Å². The first-order valence-corrected chi connectivity index (χ1v) is 5.59. The van der Waals surface area contributed by atoms with Gasteiger partial charge in [-0.05, 0) is 37.2 Å². The van der Waals surface area contributed by atoms with Gasteiger partial charge in [0, 0.05) is 0 Å². The van der Waals surface area contributed by atoms with E-state index in [1.807, 2.05) is 26.1 Å². The van der Waals surface area contributed by atoms with Crippen molar-refractivity contribution in [3.63, 3.8) is 0 Å². The minimum atomic E-state index is 0.123. The van der Waals surface area contributed by atoms with Crippen molar-refractivity contribution in [1.29, 1.82) is 0 Å². The number of alkyl halides is 1. The van der Waals surface area contributed by atoms with Crippen LogP contribution in [0.1, 0.15) is 16.1 Å². The Balaban J connectivity index is 3.19. The summed E-state index contributed by atoms with van der Waals surface area (Å²) in [5, 5.41) is 3.13. The Morgan fingerprint density at radius 1 is 1.20 bits per heavy atom. The van der Waals surface area contributed by atoms with Gasteiger partial charge in [0.1, 0.15) is 0 Å². The number of hydrogen-bond donors (Lipinski definition) is 1. The minimum Gasteiger partial charge on any atom is -0.493 e. The van der Waals surface area contributed by atoms with Crippen molar-refractivity contribution in [2.75, 3.05) is 21.3 Å². The molecule has 0 aliphatic carbocycles. The number of halogens is 1. The second-order valence-corrected chi connectivity index (χ2v) is 4.13. The third-order valence-corrected chi connectivity index (χ3v) is 3.25. The summed E-state index contributed by atoms with van der Waals surface area (Å²) in [6.07, 6.45) is 0. The van der Waals surface area contributed by atoms with Gasteiger partial charge < -0.3 is 14.8 Å². The molecule has 0 saturated carbocycles. The third kappa shape index (κ3) is 2.63. The number of hydrogen-bond acceptors (Lipinski definition) is 3. The molecule has 0 heterocycles. The zero-order valence-corrected chi connectivity index (χ0v) is 11.0.